The van der Waals surface area contributed by atoms with Gasteiger partial charge in [-0.15, -0.1) is 0 Å². The van der Waals surface area contributed by atoms with E-state index in [0.29, 0.717) is 0 Å². The van der Waals surface area contributed by atoms with Crippen molar-refractivity contribution in [1.82, 2.24) is 9.55 Å². The number of rotatable bonds is 10. The van der Waals surface area contributed by atoms with Crippen LogP contribution in [0.3, 0.4) is 0 Å². The standard InChI is InChI=1S/C14H26N2.CHF3O3S/c1-2-3-4-5-6-7-8-9-10-12-16-13-11-15-14-16;2-1(3,4)8(5,6)7/h11,13-14H,2-10,12H2,1H3;(H,5,6,7). The molecule has 0 saturated heterocycles. The van der Waals surface area contributed by atoms with Crippen molar-refractivity contribution in [2.24, 2.45) is 0 Å². The Morgan fingerprint density at radius 2 is 1.46 bits per heavy atom. The minimum atomic E-state index is -5.84. The van der Waals surface area contributed by atoms with Crippen LogP contribution in [0.2, 0.25) is 0 Å². The van der Waals surface area contributed by atoms with Gasteiger partial charge in [-0.1, -0.05) is 58.3 Å². The van der Waals surface area contributed by atoms with Crippen molar-refractivity contribution < 1.29 is 26.1 Å². The summed E-state index contributed by atoms with van der Waals surface area (Å²) < 4.78 is 59.7. The molecule has 1 N–H and O–H groups in total. The van der Waals surface area contributed by atoms with E-state index in [9.17, 15) is 13.2 Å². The Morgan fingerprint density at radius 3 is 1.83 bits per heavy atom. The van der Waals surface area contributed by atoms with Gasteiger partial charge >= 0.3 is 15.6 Å². The molecule has 0 aliphatic rings. The number of alkyl halides is 3. The molecular weight excluding hydrogens is 345 g/mol. The highest BCUT2D eigenvalue weighted by atomic mass is 32.2. The van der Waals surface area contributed by atoms with E-state index in [4.69, 9.17) is 13.0 Å². The van der Waals surface area contributed by atoms with Crippen LogP contribution in [0, 0.1) is 0 Å². The Labute approximate surface area is 142 Å². The van der Waals surface area contributed by atoms with Gasteiger partial charge in [0.2, 0.25) is 0 Å². The summed E-state index contributed by atoms with van der Waals surface area (Å²) in [6.45, 7) is 3.41. The van der Waals surface area contributed by atoms with Gasteiger partial charge in [0, 0.05) is 18.9 Å². The molecule has 1 heterocycles. The second-order valence-corrected chi connectivity index (χ2v) is 6.96. The van der Waals surface area contributed by atoms with Gasteiger partial charge in [0.25, 0.3) is 0 Å². The summed E-state index contributed by atoms with van der Waals surface area (Å²) in [6.07, 6.45) is 18.4. The predicted octanol–water partition coefficient (Wildman–Crippen LogP) is 4.81. The van der Waals surface area contributed by atoms with Crippen molar-refractivity contribution in [3.8, 4) is 0 Å². The van der Waals surface area contributed by atoms with Gasteiger partial charge in [-0.2, -0.15) is 21.6 Å². The highest BCUT2D eigenvalue weighted by molar-refractivity contribution is 7.86. The molecule has 1 aromatic heterocycles. The lowest BCUT2D eigenvalue weighted by atomic mass is 10.1. The number of halogens is 3. The quantitative estimate of drug-likeness (QED) is 0.363. The van der Waals surface area contributed by atoms with E-state index in [1.807, 2.05) is 18.7 Å². The number of aromatic nitrogens is 2. The summed E-state index contributed by atoms with van der Waals surface area (Å²) in [7, 11) is -5.84. The Hall–Kier alpha value is -1.09. The van der Waals surface area contributed by atoms with Crippen molar-refractivity contribution in [2.75, 3.05) is 0 Å². The molecule has 0 bridgehead atoms. The average Bonchev–Trinajstić information content (AvgIpc) is 2.97. The molecule has 1 aromatic rings. The first-order valence-corrected chi connectivity index (χ1v) is 9.62. The van der Waals surface area contributed by atoms with Gasteiger partial charge in [0.1, 0.15) is 0 Å². The molecule has 1 rings (SSSR count). The summed E-state index contributed by atoms with van der Waals surface area (Å²) in [5.74, 6) is 0. The number of nitrogens with zero attached hydrogens (tertiary/aromatic N) is 2. The Morgan fingerprint density at radius 1 is 1.00 bits per heavy atom. The molecule has 0 aliphatic carbocycles. The highest BCUT2D eigenvalue weighted by Crippen LogP contribution is 2.20. The maximum atomic E-state index is 10.7. The fourth-order valence-electron chi connectivity index (χ4n) is 2.02. The van der Waals surface area contributed by atoms with Crippen molar-refractivity contribution in [1.29, 1.82) is 0 Å². The normalized spacial score (nSPS) is 11.9. The molecule has 0 aliphatic heterocycles. The van der Waals surface area contributed by atoms with E-state index in [-0.39, 0.29) is 0 Å². The van der Waals surface area contributed by atoms with Crippen molar-refractivity contribution >= 4 is 10.1 Å². The maximum Gasteiger partial charge on any atom is 0.522 e. The zero-order valence-electron chi connectivity index (χ0n) is 14.0. The second-order valence-electron chi connectivity index (χ2n) is 5.55. The van der Waals surface area contributed by atoms with Crippen LogP contribution >= 0.6 is 0 Å². The summed E-state index contributed by atoms with van der Waals surface area (Å²) in [5.41, 5.74) is -5.53. The smallest absolute Gasteiger partial charge is 0.337 e. The molecule has 0 atom stereocenters. The minimum Gasteiger partial charge on any atom is -0.337 e. The van der Waals surface area contributed by atoms with Gasteiger partial charge < -0.3 is 4.57 Å². The fraction of sp³-hybridized carbons (Fsp3) is 0.800. The fourth-order valence-corrected chi connectivity index (χ4v) is 2.02. The third kappa shape index (κ3) is 12.3. The summed E-state index contributed by atoms with van der Waals surface area (Å²) in [5, 5.41) is 0. The van der Waals surface area contributed by atoms with Crippen LogP contribution in [-0.4, -0.2) is 28.0 Å². The Kier molecular flexibility index (Phi) is 11.7. The topological polar surface area (TPSA) is 72.2 Å². The lowest BCUT2D eigenvalue weighted by Gasteiger charge is -2.02. The average molecular weight is 372 g/mol. The van der Waals surface area contributed by atoms with E-state index < -0.39 is 15.6 Å². The molecule has 0 unspecified atom stereocenters. The third-order valence-electron chi connectivity index (χ3n) is 3.37. The summed E-state index contributed by atoms with van der Waals surface area (Å²) in [6, 6.07) is 0. The van der Waals surface area contributed by atoms with Crippen molar-refractivity contribution in [3.05, 3.63) is 18.7 Å². The van der Waals surface area contributed by atoms with Gasteiger partial charge in [-0.25, -0.2) is 4.98 Å². The van der Waals surface area contributed by atoms with Crippen LogP contribution in [0.4, 0.5) is 13.2 Å². The lowest BCUT2D eigenvalue weighted by Crippen LogP contribution is -2.21. The van der Waals surface area contributed by atoms with Crippen LogP contribution in [0.5, 0.6) is 0 Å². The molecule has 0 saturated carbocycles. The molecule has 0 amide bonds. The number of aryl methyl sites for hydroxylation is 1. The molecular formula is C15H27F3N2O3S. The molecule has 0 aromatic carbocycles. The lowest BCUT2D eigenvalue weighted by molar-refractivity contribution is -0.0510. The van der Waals surface area contributed by atoms with Crippen molar-refractivity contribution in [3.63, 3.8) is 0 Å². The first kappa shape index (κ1) is 22.9. The predicted molar refractivity (Wildman–Crippen MR) is 87.1 cm³/mol. The van der Waals surface area contributed by atoms with Gasteiger partial charge in [0.05, 0.1) is 6.33 Å². The zero-order chi connectivity index (χ0) is 18.5. The molecule has 9 heteroatoms. The minimum absolute atomic E-state index is 1.13. The number of imidazole rings is 1. The van der Waals surface area contributed by atoms with E-state index >= 15 is 0 Å². The van der Waals surface area contributed by atoms with Crippen LogP contribution in [0.1, 0.15) is 64.7 Å². The van der Waals surface area contributed by atoms with Crippen LogP contribution in [0.15, 0.2) is 18.7 Å². The van der Waals surface area contributed by atoms with Gasteiger partial charge in [0.15, 0.2) is 0 Å². The summed E-state index contributed by atoms with van der Waals surface area (Å²) >= 11 is 0. The van der Waals surface area contributed by atoms with Crippen molar-refractivity contribution in [2.45, 2.75) is 76.8 Å². The van der Waals surface area contributed by atoms with E-state index in [1.54, 1.807) is 0 Å². The Balaban J connectivity index is 0.000000561. The van der Waals surface area contributed by atoms with E-state index in [2.05, 4.69) is 16.5 Å². The van der Waals surface area contributed by atoms with Gasteiger partial charge in [-0.05, 0) is 6.42 Å². The number of unbranched alkanes of at least 4 members (excludes halogenated alkanes) is 8. The monoisotopic (exact) mass is 372 g/mol. The Bertz CT molecular complexity index is 503. The highest BCUT2D eigenvalue weighted by Gasteiger charge is 2.44. The number of hydrogen-bond donors (Lipinski definition) is 1. The largest absolute Gasteiger partial charge is 0.522 e. The molecule has 0 spiro atoms. The zero-order valence-corrected chi connectivity index (χ0v) is 14.8. The second kappa shape index (κ2) is 12.3. The van der Waals surface area contributed by atoms with Crippen LogP contribution in [-0.2, 0) is 16.7 Å². The molecule has 0 radical (unpaired) electrons. The third-order valence-corrected chi connectivity index (χ3v) is 3.96. The van der Waals surface area contributed by atoms with E-state index in [1.165, 1.54) is 57.8 Å². The van der Waals surface area contributed by atoms with Crippen LogP contribution < -0.4 is 0 Å². The molecule has 0 fully saturated rings. The number of hydrogen-bond acceptors (Lipinski definition) is 3. The maximum absolute atomic E-state index is 10.7. The SMILES string of the molecule is CCCCCCCCCCCn1ccnc1.O=S(=O)(O)C(F)(F)F. The van der Waals surface area contributed by atoms with Crippen LogP contribution in [0.25, 0.3) is 0 Å². The first-order chi connectivity index (χ1) is 11.2. The van der Waals surface area contributed by atoms with Gasteiger partial charge in [-0.3, -0.25) is 4.55 Å². The van der Waals surface area contributed by atoms with E-state index in [0.717, 1.165) is 6.54 Å². The molecule has 142 valence electrons. The molecule has 24 heavy (non-hydrogen) atoms. The summed E-state index contributed by atoms with van der Waals surface area (Å²) in [4.78, 5) is 4.04. The first-order valence-electron chi connectivity index (χ1n) is 8.18. The molecule has 5 nitrogen and oxygen atoms in total.